The molecular weight excluding hydrogens is 306 g/mol. The van der Waals surface area contributed by atoms with Gasteiger partial charge in [-0.05, 0) is 30.3 Å². The second kappa shape index (κ2) is 7.53. The minimum absolute atomic E-state index is 0.311. The van der Waals surface area contributed by atoms with Crippen LogP contribution in [0.1, 0.15) is 0 Å². The number of hydrogen-bond acceptors (Lipinski definition) is 7. The summed E-state index contributed by atoms with van der Waals surface area (Å²) in [5.41, 5.74) is 0.524. The fourth-order valence-corrected chi connectivity index (χ4v) is 2.11. The molecule has 0 aromatic heterocycles. The molecule has 1 amide bonds. The summed E-state index contributed by atoms with van der Waals surface area (Å²) in [6.07, 6.45) is -5.57. The van der Waals surface area contributed by atoms with Gasteiger partial charge in [-0.1, -0.05) is 6.58 Å². The van der Waals surface area contributed by atoms with E-state index in [1.54, 1.807) is 12.1 Å². The first-order valence-electron chi connectivity index (χ1n) is 6.97. The fraction of sp³-hybridized carbons (Fsp3) is 0.400. The predicted molar refractivity (Wildman–Crippen MR) is 79.7 cm³/mol. The van der Waals surface area contributed by atoms with Crippen molar-refractivity contribution >= 4 is 11.6 Å². The third-order valence-electron chi connectivity index (χ3n) is 3.41. The van der Waals surface area contributed by atoms with Crippen molar-refractivity contribution in [2.45, 2.75) is 30.7 Å². The summed E-state index contributed by atoms with van der Waals surface area (Å²) in [6, 6.07) is 6.20. The Hall–Kier alpha value is -1.97. The molecule has 5 N–H and O–H groups in total. The van der Waals surface area contributed by atoms with Crippen molar-refractivity contribution in [1.82, 2.24) is 0 Å². The SMILES string of the molecule is C=CC(=O)Nc1ccc(OC2OC(CO)C(O)C(O)[C@@H]2O)cc1. The summed E-state index contributed by atoms with van der Waals surface area (Å²) in [4.78, 5) is 11.2. The molecule has 8 heteroatoms. The largest absolute Gasteiger partial charge is 0.462 e. The minimum Gasteiger partial charge on any atom is -0.462 e. The summed E-state index contributed by atoms with van der Waals surface area (Å²) in [5, 5.41) is 40.9. The molecule has 23 heavy (non-hydrogen) atoms. The number of carbonyl (C=O) groups is 1. The zero-order valence-corrected chi connectivity index (χ0v) is 12.2. The van der Waals surface area contributed by atoms with E-state index in [1.165, 1.54) is 12.1 Å². The zero-order valence-electron chi connectivity index (χ0n) is 12.2. The van der Waals surface area contributed by atoms with Crippen LogP contribution in [0.4, 0.5) is 5.69 Å². The summed E-state index contributed by atoms with van der Waals surface area (Å²) in [7, 11) is 0. The van der Waals surface area contributed by atoms with Crippen molar-refractivity contribution in [2.24, 2.45) is 0 Å². The average molecular weight is 325 g/mol. The van der Waals surface area contributed by atoms with Crippen LogP contribution in [-0.4, -0.2) is 63.6 Å². The van der Waals surface area contributed by atoms with E-state index >= 15 is 0 Å². The maximum absolute atomic E-state index is 11.2. The van der Waals surface area contributed by atoms with Crippen molar-refractivity contribution < 1.29 is 34.7 Å². The zero-order chi connectivity index (χ0) is 17.0. The number of ether oxygens (including phenoxy) is 2. The maximum Gasteiger partial charge on any atom is 0.247 e. The molecule has 1 saturated heterocycles. The van der Waals surface area contributed by atoms with Crippen molar-refractivity contribution in [3.05, 3.63) is 36.9 Å². The lowest BCUT2D eigenvalue weighted by atomic mass is 9.99. The molecule has 4 unspecified atom stereocenters. The van der Waals surface area contributed by atoms with Gasteiger partial charge < -0.3 is 35.2 Å². The van der Waals surface area contributed by atoms with Gasteiger partial charge in [0.05, 0.1) is 6.61 Å². The highest BCUT2D eigenvalue weighted by atomic mass is 16.7. The lowest BCUT2D eigenvalue weighted by Crippen LogP contribution is -2.60. The molecule has 1 aliphatic heterocycles. The van der Waals surface area contributed by atoms with E-state index in [2.05, 4.69) is 11.9 Å². The molecule has 1 aliphatic rings. The van der Waals surface area contributed by atoms with Crippen molar-refractivity contribution in [2.75, 3.05) is 11.9 Å². The predicted octanol–water partition coefficient (Wildman–Crippen LogP) is -1.01. The quantitative estimate of drug-likeness (QED) is 0.439. The van der Waals surface area contributed by atoms with Crippen LogP contribution in [0.25, 0.3) is 0 Å². The van der Waals surface area contributed by atoms with Crippen LogP contribution >= 0.6 is 0 Å². The summed E-state index contributed by atoms with van der Waals surface area (Å²) < 4.78 is 10.6. The highest BCUT2D eigenvalue weighted by Crippen LogP contribution is 2.25. The van der Waals surface area contributed by atoms with Gasteiger partial charge in [-0.15, -0.1) is 0 Å². The highest BCUT2D eigenvalue weighted by Gasteiger charge is 2.44. The molecule has 126 valence electrons. The molecule has 0 spiro atoms. The normalized spacial score (nSPS) is 30.5. The van der Waals surface area contributed by atoms with E-state index in [9.17, 15) is 20.1 Å². The Morgan fingerprint density at radius 1 is 1.22 bits per heavy atom. The third-order valence-corrected chi connectivity index (χ3v) is 3.41. The first-order valence-corrected chi connectivity index (χ1v) is 6.97. The van der Waals surface area contributed by atoms with E-state index in [0.29, 0.717) is 11.4 Å². The second-order valence-electron chi connectivity index (χ2n) is 5.03. The Morgan fingerprint density at radius 3 is 2.43 bits per heavy atom. The molecule has 1 aromatic carbocycles. The van der Waals surface area contributed by atoms with Gasteiger partial charge in [-0.3, -0.25) is 4.79 Å². The molecule has 0 aliphatic carbocycles. The molecule has 5 atom stereocenters. The van der Waals surface area contributed by atoms with Crippen LogP contribution in [0.2, 0.25) is 0 Å². The van der Waals surface area contributed by atoms with Gasteiger partial charge in [-0.25, -0.2) is 0 Å². The smallest absolute Gasteiger partial charge is 0.247 e. The maximum atomic E-state index is 11.2. The first-order chi connectivity index (χ1) is 11.0. The number of amides is 1. The van der Waals surface area contributed by atoms with Crippen LogP contribution in [-0.2, 0) is 9.53 Å². The molecule has 0 saturated carbocycles. The van der Waals surface area contributed by atoms with Gasteiger partial charge in [-0.2, -0.15) is 0 Å². The van der Waals surface area contributed by atoms with Crippen LogP contribution in [0.5, 0.6) is 5.75 Å². The van der Waals surface area contributed by atoms with Gasteiger partial charge in [0.15, 0.2) is 0 Å². The number of anilines is 1. The lowest BCUT2D eigenvalue weighted by molar-refractivity contribution is -0.277. The Balaban J connectivity index is 2.03. The Kier molecular flexibility index (Phi) is 5.69. The number of carbonyl (C=O) groups excluding carboxylic acids is 1. The number of aliphatic hydroxyl groups is 4. The standard InChI is InChI=1S/C15H19NO7/c1-2-11(18)16-8-3-5-9(6-4-8)22-15-14(21)13(20)12(19)10(7-17)23-15/h2-6,10,12-15,17,19-21H,1,7H2,(H,16,18)/t10?,12?,13?,14-,15?/m0/s1. The van der Waals surface area contributed by atoms with Crippen LogP contribution in [0.15, 0.2) is 36.9 Å². The minimum atomic E-state index is -1.50. The summed E-state index contributed by atoms with van der Waals surface area (Å²) in [6.45, 7) is 2.81. The Morgan fingerprint density at radius 2 is 1.87 bits per heavy atom. The van der Waals surface area contributed by atoms with Gasteiger partial charge >= 0.3 is 0 Å². The Bertz CT molecular complexity index is 545. The van der Waals surface area contributed by atoms with E-state index in [4.69, 9.17) is 14.6 Å². The topological polar surface area (TPSA) is 128 Å². The van der Waals surface area contributed by atoms with E-state index in [0.717, 1.165) is 6.08 Å². The number of nitrogens with one attached hydrogen (secondary N) is 1. The summed E-state index contributed by atoms with van der Waals surface area (Å²) >= 11 is 0. The van der Waals surface area contributed by atoms with Gasteiger partial charge in [0, 0.05) is 5.69 Å². The number of rotatable bonds is 5. The second-order valence-corrected chi connectivity index (χ2v) is 5.03. The molecule has 8 nitrogen and oxygen atoms in total. The van der Waals surface area contributed by atoms with Crippen LogP contribution in [0.3, 0.4) is 0 Å². The van der Waals surface area contributed by atoms with E-state index < -0.39 is 37.3 Å². The van der Waals surface area contributed by atoms with Gasteiger partial charge in [0.2, 0.25) is 12.2 Å². The first kappa shape index (κ1) is 17.4. The molecule has 1 aromatic rings. The van der Waals surface area contributed by atoms with Crippen molar-refractivity contribution in [3.8, 4) is 5.75 Å². The summed E-state index contributed by atoms with van der Waals surface area (Å²) in [5.74, 6) is -0.0430. The van der Waals surface area contributed by atoms with Crippen LogP contribution in [0, 0.1) is 0 Å². The third kappa shape index (κ3) is 4.06. The monoisotopic (exact) mass is 325 g/mol. The molecule has 1 fully saturated rings. The van der Waals surface area contributed by atoms with Crippen molar-refractivity contribution in [3.63, 3.8) is 0 Å². The molecular formula is C15H19NO7. The molecule has 0 bridgehead atoms. The van der Waals surface area contributed by atoms with E-state index in [1.807, 2.05) is 0 Å². The number of aliphatic hydroxyl groups excluding tert-OH is 4. The lowest BCUT2D eigenvalue weighted by Gasteiger charge is -2.39. The Labute approximate surface area is 132 Å². The molecule has 2 rings (SSSR count). The molecule has 0 radical (unpaired) electrons. The highest BCUT2D eigenvalue weighted by molar-refractivity contribution is 5.98. The van der Waals surface area contributed by atoms with Crippen molar-refractivity contribution in [1.29, 1.82) is 0 Å². The van der Waals surface area contributed by atoms with Gasteiger partial charge in [0.1, 0.15) is 30.2 Å². The van der Waals surface area contributed by atoms with Crippen LogP contribution < -0.4 is 10.1 Å². The fourth-order valence-electron chi connectivity index (χ4n) is 2.11. The van der Waals surface area contributed by atoms with Gasteiger partial charge in [0.25, 0.3) is 0 Å². The molecule has 1 heterocycles. The average Bonchev–Trinajstić information content (AvgIpc) is 2.56. The van der Waals surface area contributed by atoms with E-state index in [-0.39, 0.29) is 5.91 Å². The number of benzene rings is 1. The number of hydrogen-bond donors (Lipinski definition) is 5.